The number of hydrogen-bond donors (Lipinski definition) is 2. The summed E-state index contributed by atoms with van der Waals surface area (Å²) in [6.07, 6.45) is 1.97. The Bertz CT molecular complexity index is 456. The van der Waals surface area contributed by atoms with Gasteiger partial charge in [-0.3, -0.25) is 4.79 Å². The molecule has 104 valence electrons. The normalized spacial score (nSPS) is 17.4. The molecule has 1 saturated heterocycles. The molecular weight excluding hydrogens is 262 g/mol. The van der Waals surface area contributed by atoms with E-state index in [1.54, 1.807) is 18.2 Å². The third-order valence-corrected chi connectivity index (χ3v) is 4.07. The molecular formula is C14H20ClN3O. The molecule has 1 aliphatic rings. The Morgan fingerprint density at radius 3 is 2.79 bits per heavy atom. The average Bonchev–Trinajstić information content (AvgIpc) is 2.42. The van der Waals surface area contributed by atoms with Crippen LogP contribution in [0.25, 0.3) is 0 Å². The van der Waals surface area contributed by atoms with Gasteiger partial charge in [0.1, 0.15) is 0 Å². The number of amides is 1. The summed E-state index contributed by atoms with van der Waals surface area (Å²) >= 11 is 6.06. The van der Waals surface area contributed by atoms with Gasteiger partial charge in [0.2, 0.25) is 0 Å². The maximum Gasteiger partial charge on any atom is 0.253 e. The number of piperidine rings is 1. The van der Waals surface area contributed by atoms with Gasteiger partial charge in [-0.25, -0.2) is 0 Å². The molecule has 0 unspecified atom stereocenters. The highest BCUT2D eigenvalue weighted by Crippen LogP contribution is 2.23. The van der Waals surface area contributed by atoms with E-state index in [0.717, 1.165) is 32.5 Å². The first-order chi connectivity index (χ1) is 9.11. The van der Waals surface area contributed by atoms with Crippen molar-refractivity contribution in [3.63, 3.8) is 0 Å². The molecule has 0 saturated carbocycles. The van der Waals surface area contributed by atoms with Crippen molar-refractivity contribution in [2.45, 2.75) is 25.8 Å². The first-order valence-electron chi connectivity index (χ1n) is 6.69. The second-order valence-electron chi connectivity index (χ2n) is 4.89. The zero-order chi connectivity index (χ0) is 13.8. The molecule has 0 aliphatic carbocycles. The predicted octanol–water partition coefficient (Wildman–Crippen LogP) is 2.14. The van der Waals surface area contributed by atoms with E-state index in [1.165, 1.54) is 0 Å². The predicted molar refractivity (Wildman–Crippen MR) is 78.5 cm³/mol. The maximum absolute atomic E-state index is 12.2. The summed E-state index contributed by atoms with van der Waals surface area (Å²) in [7, 11) is 0. The number of hydrogen-bond acceptors (Lipinski definition) is 3. The Hall–Kier alpha value is -1.26. The summed E-state index contributed by atoms with van der Waals surface area (Å²) in [5, 5.41) is 3.38. The summed E-state index contributed by atoms with van der Waals surface area (Å²) in [6, 6.07) is 5.37. The van der Waals surface area contributed by atoms with Crippen LogP contribution < -0.4 is 11.1 Å². The number of carbonyl (C=O) groups excluding carboxylic acids is 1. The van der Waals surface area contributed by atoms with E-state index in [0.29, 0.717) is 16.3 Å². The molecule has 0 radical (unpaired) electrons. The van der Waals surface area contributed by atoms with Gasteiger partial charge < -0.3 is 16.0 Å². The molecule has 2 rings (SSSR count). The molecule has 1 aromatic carbocycles. The number of anilines is 1. The summed E-state index contributed by atoms with van der Waals surface area (Å²) in [5.41, 5.74) is 6.61. The fourth-order valence-electron chi connectivity index (χ4n) is 2.38. The third kappa shape index (κ3) is 3.39. The maximum atomic E-state index is 12.2. The standard InChI is InChI=1S/C14H20ClN3O/c1-2-18-8-6-10(7-9-18)17-14(19)11-4-3-5-12(16)13(11)15/h3-5,10H,2,6-9,16H2,1H3,(H,17,19). The van der Waals surface area contributed by atoms with E-state index >= 15 is 0 Å². The Kier molecular flexibility index (Phi) is 4.66. The zero-order valence-electron chi connectivity index (χ0n) is 11.2. The number of nitrogens with zero attached hydrogens (tertiary/aromatic N) is 1. The van der Waals surface area contributed by atoms with Crippen molar-refractivity contribution < 1.29 is 4.79 Å². The fourth-order valence-corrected chi connectivity index (χ4v) is 2.59. The number of rotatable bonds is 3. The molecule has 1 amide bonds. The van der Waals surface area contributed by atoms with Gasteiger partial charge in [0.25, 0.3) is 5.91 Å². The summed E-state index contributed by atoms with van der Waals surface area (Å²) < 4.78 is 0. The van der Waals surface area contributed by atoms with Gasteiger partial charge in [-0.2, -0.15) is 0 Å². The molecule has 5 heteroatoms. The van der Waals surface area contributed by atoms with Gasteiger partial charge >= 0.3 is 0 Å². The highest BCUT2D eigenvalue weighted by Gasteiger charge is 2.21. The smallest absolute Gasteiger partial charge is 0.253 e. The van der Waals surface area contributed by atoms with Gasteiger partial charge in [0.05, 0.1) is 16.3 Å². The van der Waals surface area contributed by atoms with Gasteiger partial charge in [-0.05, 0) is 31.5 Å². The number of likely N-dealkylation sites (tertiary alicyclic amines) is 1. The van der Waals surface area contributed by atoms with Gasteiger partial charge in [-0.15, -0.1) is 0 Å². The average molecular weight is 282 g/mol. The molecule has 0 aromatic heterocycles. The van der Waals surface area contributed by atoms with Crippen LogP contribution in [-0.2, 0) is 0 Å². The van der Waals surface area contributed by atoms with Crippen molar-refractivity contribution in [2.24, 2.45) is 0 Å². The number of halogens is 1. The Labute approximate surface area is 118 Å². The summed E-state index contributed by atoms with van der Waals surface area (Å²) in [4.78, 5) is 14.6. The minimum atomic E-state index is -0.132. The Balaban J connectivity index is 1.96. The quantitative estimate of drug-likeness (QED) is 0.835. The van der Waals surface area contributed by atoms with E-state index in [2.05, 4.69) is 17.1 Å². The molecule has 3 N–H and O–H groups in total. The van der Waals surface area contributed by atoms with Gasteiger partial charge in [0.15, 0.2) is 0 Å². The van der Waals surface area contributed by atoms with E-state index in [4.69, 9.17) is 17.3 Å². The van der Waals surface area contributed by atoms with E-state index < -0.39 is 0 Å². The lowest BCUT2D eigenvalue weighted by molar-refractivity contribution is 0.0913. The number of nitrogens with two attached hydrogens (primary N) is 1. The van der Waals surface area contributed by atoms with Crippen LogP contribution in [0, 0.1) is 0 Å². The van der Waals surface area contributed by atoms with Crippen LogP contribution in [0.2, 0.25) is 5.02 Å². The lowest BCUT2D eigenvalue weighted by Gasteiger charge is -2.31. The largest absolute Gasteiger partial charge is 0.398 e. The molecule has 0 bridgehead atoms. The number of carbonyl (C=O) groups is 1. The third-order valence-electron chi connectivity index (χ3n) is 3.64. The van der Waals surface area contributed by atoms with Crippen LogP contribution in [0.5, 0.6) is 0 Å². The first-order valence-corrected chi connectivity index (χ1v) is 7.06. The molecule has 19 heavy (non-hydrogen) atoms. The van der Waals surface area contributed by atoms with Crippen molar-refractivity contribution in [3.05, 3.63) is 28.8 Å². The fraction of sp³-hybridized carbons (Fsp3) is 0.500. The van der Waals surface area contributed by atoms with E-state index in [-0.39, 0.29) is 11.9 Å². The van der Waals surface area contributed by atoms with Gasteiger partial charge in [-0.1, -0.05) is 24.6 Å². The van der Waals surface area contributed by atoms with Crippen molar-refractivity contribution >= 4 is 23.2 Å². The summed E-state index contributed by atoms with van der Waals surface area (Å²) in [5.74, 6) is -0.132. The Morgan fingerprint density at radius 1 is 1.47 bits per heavy atom. The second kappa shape index (κ2) is 6.26. The minimum Gasteiger partial charge on any atom is -0.398 e. The van der Waals surface area contributed by atoms with E-state index in [1.807, 2.05) is 0 Å². The van der Waals surface area contributed by atoms with E-state index in [9.17, 15) is 4.79 Å². The number of nitrogens with one attached hydrogen (secondary N) is 1. The van der Waals surface area contributed by atoms with Gasteiger partial charge in [0, 0.05) is 19.1 Å². The van der Waals surface area contributed by atoms with Crippen molar-refractivity contribution in [3.8, 4) is 0 Å². The van der Waals surface area contributed by atoms with Crippen LogP contribution in [0.1, 0.15) is 30.1 Å². The lowest BCUT2D eigenvalue weighted by Crippen LogP contribution is -2.44. The van der Waals surface area contributed by atoms with Crippen LogP contribution >= 0.6 is 11.6 Å². The SMILES string of the molecule is CCN1CCC(NC(=O)c2cccc(N)c2Cl)CC1. The zero-order valence-corrected chi connectivity index (χ0v) is 11.9. The van der Waals surface area contributed by atoms with Crippen LogP contribution in [-0.4, -0.2) is 36.5 Å². The molecule has 1 heterocycles. The lowest BCUT2D eigenvalue weighted by atomic mass is 10.0. The topological polar surface area (TPSA) is 58.4 Å². The van der Waals surface area contributed by atoms with Crippen LogP contribution in [0.4, 0.5) is 5.69 Å². The molecule has 0 spiro atoms. The summed E-state index contributed by atoms with van der Waals surface area (Å²) in [6.45, 7) is 5.30. The number of benzene rings is 1. The Morgan fingerprint density at radius 2 is 2.16 bits per heavy atom. The minimum absolute atomic E-state index is 0.132. The van der Waals surface area contributed by atoms with Crippen molar-refractivity contribution in [2.75, 3.05) is 25.4 Å². The van der Waals surface area contributed by atoms with Crippen LogP contribution in [0.3, 0.4) is 0 Å². The number of nitrogen functional groups attached to an aromatic ring is 1. The highest BCUT2D eigenvalue weighted by molar-refractivity contribution is 6.36. The van der Waals surface area contributed by atoms with Crippen molar-refractivity contribution in [1.29, 1.82) is 0 Å². The molecule has 1 fully saturated rings. The molecule has 1 aliphatic heterocycles. The van der Waals surface area contributed by atoms with Crippen LogP contribution in [0.15, 0.2) is 18.2 Å². The second-order valence-corrected chi connectivity index (χ2v) is 5.27. The van der Waals surface area contributed by atoms with Crippen molar-refractivity contribution in [1.82, 2.24) is 10.2 Å². The molecule has 1 aromatic rings. The molecule has 4 nitrogen and oxygen atoms in total. The highest BCUT2D eigenvalue weighted by atomic mass is 35.5. The molecule has 0 atom stereocenters. The first kappa shape index (κ1) is 14.2. The monoisotopic (exact) mass is 281 g/mol.